The number of nitrogens with one attached hydrogen (secondary N) is 1. The van der Waals surface area contributed by atoms with E-state index in [4.69, 9.17) is 0 Å². The highest BCUT2D eigenvalue weighted by atomic mass is 35.5. The summed E-state index contributed by atoms with van der Waals surface area (Å²) in [7, 11) is 0. The molecule has 0 unspecified atom stereocenters. The second-order valence-electron chi connectivity index (χ2n) is 6.50. The van der Waals surface area contributed by atoms with Crippen molar-refractivity contribution in [1.82, 2.24) is 10.2 Å². The quantitative estimate of drug-likeness (QED) is 0.909. The topological polar surface area (TPSA) is 32.3 Å². The summed E-state index contributed by atoms with van der Waals surface area (Å²) in [5, 5.41) is 3.55. The molecule has 1 aliphatic carbocycles. The van der Waals surface area contributed by atoms with Crippen molar-refractivity contribution < 1.29 is 13.6 Å². The van der Waals surface area contributed by atoms with Crippen LogP contribution < -0.4 is 5.32 Å². The van der Waals surface area contributed by atoms with E-state index < -0.39 is 11.6 Å². The van der Waals surface area contributed by atoms with Crippen molar-refractivity contribution in [3.63, 3.8) is 0 Å². The number of benzene rings is 1. The van der Waals surface area contributed by atoms with Gasteiger partial charge in [-0.3, -0.25) is 4.79 Å². The van der Waals surface area contributed by atoms with Gasteiger partial charge >= 0.3 is 0 Å². The fourth-order valence-corrected chi connectivity index (χ4v) is 2.93. The zero-order valence-electron chi connectivity index (χ0n) is 13.3. The molecule has 0 spiro atoms. The highest BCUT2D eigenvalue weighted by molar-refractivity contribution is 5.94. The van der Waals surface area contributed by atoms with Gasteiger partial charge in [0.1, 0.15) is 11.6 Å². The summed E-state index contributed by atoms with van der Waals surface area (Å²) in [6.07, 6.45) is 4.43. The lowest BCUT2D eigenvalue weighted by molar-refractivity contribution is 0.0700. The molecular formula is C17H23ClF2N2O. The fraction of sp³-hybridized carbons (Fsp3) is 0.588. The van der Waals surface area contributed by atoms with Crippen molar-refractivity contribution in [1.29, 1.82) is 0 Å². The van der Waals surface area contributed by atoms with Crippen molar-refractivity contribution in [2.24, 2.45) is 5.92 Å². The van der Waals surface area contributed by atoms with E-state index >= 15 is 0 Å². The van der Waals surface area contributed by atoms with E-state index in [0.717, 1.165) is 31.4 Å². The minimum Gasteiger partial charge on any atom is -0.338 e. The summed E-state index contributed by atoms with van der Waals surface area (Å²) < 4.78 is 27.1. The number of hydrogen-bond donors (Lipinski definition) is 1. The van der Waals surface area contributed by atoms with Crippen LogP contribution in [0.15, 0.2) is 12.1 Å². The smallest absolute Gasteiger partial charge is 0.256 e. The lowest BCUT2D eigenvalue weighted by Gasteiger charge is -2.32. The van der Waals surface area contributed by atoms with Crippen LogP contribution in [0.25, 0.3) is 0 Å². The summed E-state index contributed by atoms with van der Waals surface area (Å²) in [6, 6.07) is 2.56. The average Bonchev–Trinajstić information content (AvgIpc) is 3.33. The number of carbonyl (C=O) groups is 1. The maximum absolute atomic E-state index is 13.8. The van der Waals surface area contributed by atoms with Crippen LogP contribution in [0.2, 0.25) is 0 Å². The van der Waals surface area contributed by atoms with Crippen LogP contribution in [0.3, 0.4) is 0 Å². The molecule has 0 radical (unpaired) electrons. The van der Waals surface area contributed by atoms with Crippen molar-refractivity contribution in [2.45, 2.75) is 38.6 Å². The van der Waals surface area contributed by atoms with Gasteiger partial charge in [0.25, 0.3) is 5.91 Å². The van der Waals surface area contributed by atoms with Crippen LogP contribution in [0.4, 0.5) is 8.78 Å². The van der Waals surface area contributed by atoms with Gasteiger partial charge in [0, 0.05) is 25.2 Å². The first-order chi connectivity index (χ1) is 10.5. The van der Waals surface area contributed by atoms with Crippen molar-refractivity contribution in [2.75, 3.05) is 19.6 Å². The molecule has 0 bridgehead atoms. The average molecular weight is 345 g/mol. The number of amides is 1. The Morgan fingerprint density at radius 3 is 2.43 bits per heavy atom. The first kappa shape index (κ1) is 18.1. The minimum absolute atomic E-state index is 0. The molecule has 0 aromatic heterocycles. The number of likely N-dealkylation sites (tertiary alicyclic amines) is 1. The molecule has 1 saturated heterocycles. The summed E-state index contributed by atoms with van der Waals surface area (Å²) in [5.74, 6) is -0.878. The number of carbonyl (C=O) groups excluding carboxylic acids is 1. The molecule has 3 rings (SSSR count). The third kappa shape index (κ3) is 4.42. The number of halogens is 3. The highest BCUT2D eigenvalue weighted by Gasteiger charge is 2.27. The molecule has 1 aliphatic heterocycles. The predicted molar refractivity (Wildman–Crippen MR) is 88.0 cm³/mol. The largest absolute Gasteiger partial charge is 0.338 e. The lowest BCUT2D eigenvalue weighted by atomic mass is 10.0. The first-order valence-corrected chi connectivity index (χ1v) is 8.03. The van der Waals surface area contributed by atoms with Gasteiger partial charge < -0.3 is 10.2 Å². The van der Waals surface area contributed by atoms with E-state index in [0.29, 0.717) is 24.7 Å². The Labute approximate surface area is 141 Å². The zero-order valence-corrected chi connectivity index (χ0v) is 14.1. The fourth-order valence-electron chi connectivity index (χ4n) is 2.93. The van der Waals surface area contributed by atoms with E-state index in [1.54, 1.807) is 11.8 Å². The molecule has 6 heteroatoms. The van der Waals surface area contributed by atoms with Gasteiger partial charge in [0.2, 0.25) is 0 Å². The Balaban J connectivity index is 0.00000192. The van der Waals surface area contributed by atoms with E-state index in [-0.39, 0.29) is 23.9 Å². The van der Waals surface area contributed by atoms with Gasteiger partial charge in [-0.25, -0.2) is 8.78 Å². The van der Waals surface area contributed by atoms with Crippen LogP contribution >= 0.6 is 12.4 Å². The van der Waals surface area contributed by atoms with Gasteiger partial charge in [0.15, 0.2) is 0 Å². The SMILES string of the molecule is Cc1cc(C(=O)N2CCC(NCC3CC3)CC2)c(F)cc1F.Cl. The van der Waals surface area contributed by atoms with E-state index in [9.17, 15) is 13.6 Å². The third-order valence-corrected chi connectivity index (χ3v) is 4.65. The minimum atomic E-state index is -0.776. The monoisotopic (exact) mass is 344 g/mol. The predicted octanol–water partition coefficient (Wildman–Crippen LogP) is 3.30. The molecule has 1 saturated carbocycles. The number of nitrogens with zero attached hydrogens (tertiary/aromatic N) is 1. The molecule has 1 N–H and O–H groups in total. The van der Waals surface area contributed by atoms with Gasteiger partial charge in [-0.05, 0) is 56.7 Å². The normalized spacial score (nSPS) is 18.7. The Hall–Kier alpha value is -1.20. The van der Waals surface area contributed by atoms with Gasteiger partial charge in [-0.15, -0.1) is 12.4 Å². The second kappa shape index (κ2) is 7.58. The molecule has 3 nitrogen and oxygen atoms in total. The van der Waals surface area contributed by atoms with Crippen molar-refractivity contribution in [3.05, 3.63) is 34.9 Å². The van der Waals surface area contributed by atoms with Gasteiger partial charge in [0.05, 0.1) is 5.56 Å². The lowest BCUT2D eigenvalue weighted by Crippen LogP contribution is -2.45. The van der Waals surface area contributed by atoms with E-state index in [2.05, 4.69) is 5.32 Å². The molecule has 1 heterocycles. The van der Waals surface area contributed by atoms with Gasteiger partial charge in [-0.1, -0.05) is 0 Å². The Morgan fingerprint density at radius 1 is 1.17 bits per heavy atom. The Bertz CT molecular complexity index is 570. The number of aryl methyl sites for hydroxylation is 1. The third-order valence-electron chi connectivity index (χ3n) is 4.65. The highest BCUT2D eigenvalue weighted by Crippen LogP contribution is 2.28. The zero-order chi connectivity index (χ0) is 15.7. The maximum atomic E-state index is 13.8. The molecule has 23 heavy (non-hydrogen) atoms. The molecule has 1 amide bonds. The van der Waals surface area contributed by atoms with Crippen LogP contribution in [-0.4, -0.2) is 36.5 Å². The van der Waals surface area contributed by atoms with E-state index in [1.165, 1.54) is 18.9 Å². The van der Waals surface area contributed by atoms with Crippen LogP contribution in [-0.2, 0) is 0 Å². The van der Waals surface area contributed by atoms with Crippen molar-refractivity contribution in [3.8, 4) is 0 Å². The summed E-state index contributed by atoms with van der Waals surface area (Å²) in [5.41, 5.74) is 0.272. The molecule has 0 atom stereocenters. The Kier molecular flexibility index (Phi) is 5.98. The molecular weight excluding hydrogens is 322 g/mol. The standard InChI is InChI=1S/C17H22F2N2O.ClH/c1-11-8-14(16(19)9-15(11)18)17(22)21-6-4-13(5-7-21)20-10-12-2-3-12;/h8-9,12-13,20H,2-7,10H2,1H3;1H. The maximum Gasteiger partial charge on any atom is 0.256 e. The molecule has 1 aromatic rings. The van der Waals surface area contributed by atoms with Crippen LogP contribution in [0, 0.1) is 24.5 Å². The van der Waals surface area contributed by atoms with Crippen LogP contribution in [0.5, 0.6) is 0 Å². The number of piperidine rings is 1. The first-order valence-electron chi connectivity index (χ1n) is 8.03. The summed E-state index contributed by atoms with van der Waals surface area (Å²) in [4.78, 5) is 14.1. The molecule has 128 valence electrons. The van der Waals surface area contributed by atoms with Crippen LogP contribution in [0.1, 0.15) is 41.6 Å². The van der Waals surface area contributed by atoms with Gasteiger partial charge in [-0.2, -0.15) is 0 Å². The summed E-state index contributed by atoms with van der Waals surface area (Å²) >= 11 is 0. The number of hydrogen-bond acceptors (Lipinski definition) is 2. The second-order valence-corrected chi connectivity index (χ2v) is 6.50. The molecule has 2 aliphatic rings. The summed E-state index contributed by atoms with van der Waals surface area (Å²) in [6.45, 7) is 3.86. The molecule has 2 fully saturated rings. The Morgan fingerprint density at radius 2 is 1.83 bits per heavy atom. The molecule has 1 aromatic carbocycles. The van der Waals surface area contributed by atoms with Crippen molar-refractivity contribution >= 4 is 18.3 Å². The number of rotatable bonds is 4. The van der Waals surface area contributed by atoms with E-state index in [1.807, 2.05) is 0 Å².